The van der Waals surface area contributed by atoms with Gasteiger partial charge in [0, 0.05) is 11.1 Å². The molecular formula is C15H22N2O6. The van der Waals surface area contributed by atoms with Crippen molar-refractivity contribution >= 4 is 23.8 Å². The second-order valence-corrected chi connectivity index (χ2v) is 4.71. The number of esters is 2. The first-order chi connectivity index (χ1) is 10.7. The highest BCUT2D eigenvalue weighted by Crippen LogP contribution is 1.92. The van der Waals surface area contributed by atoms with Crippen LogP contribution in [0.2, 0.25) is 0 Å². The lowest BCUT2D eigenvalue weighted by Gasteiger charge is -2.08. The fourth-order valence-electron chi connectivity index (χ4n) is 1.19. The van der Waals surface area contributed by atoms with Gasteiger partial charge in [-0.2, -0.15) is 0 Å². The van der Waals surface area contributed by atoms with Crippen LogP contribution < -0.4 is 10.6 Å². The summed E-state index contributed by atoms with van der Waals surface area (Å²) in [6.07, 6.45) is -0.372. The van der Waals surface area contributed by atoms with Crippen molar-refractivity contribution in [1.29, 1.82) is 0 Å². The number of ether oxygens (including phenoxy) is 2. The van der Waals surface area contributed by atoms with Crippen LogP contribution in [0.5, 0.6) is 0 Å². The Kier molecular flexibility index (Phi) is 9.74. The SMILES string of the molecule is C=C(C)C(=O)OCCNC(=O)CC(=O)NCCOC(=O)C(=C)C. The molecule has 0 aromatic rings. The molecule has 0 radical (unpaired) electrons. The maximum Gasteiger partial charge on any atom is 0.333 e. The first-order valence-electron chi connectivity index (χ1n) is 6.92. The van der Waals surface area contributed by atoms with Crippen molar-refractivity contribution in [1.82, 2.24) is 10.6 Å². The molecule has 0 fully saturated rings. The Labute approximate surface area is 134 Å². The molecule has 128 valence electrons. The minimum Gasteiger partial charge on any atom is -0.460 e. The molecule has 0 atom stereocenters. The van der Waals surface area contributed by atoms with Crippen molar-refractivity contribution in [3.63, 3.8) is 0 Å². The van der Waals surface area contributed by atoms with Crippen molar-refractivity contribution < 1.29 is 28.7 Å². The van der Waals surface area contributed by atoms with Gasteiger partial charge in [0.25, 0.3) is 0 Å². The second kappa shape index (κ2) is 11.0. The van der Waals surface area contributed by atoms with Gasteiger partial charge in [-0.3, -0.25) is 9.59 Å². The Bertz CT molecular complexity index is 454. The zero-order valence-corrected chi connectivity index (χ0v) is 13.4. The summed E-state index contributed by atoms with van der Waals surface area (Å²) in [7, 11) is 0. The van der Waals surface area contributed by atoms with E-state index in [2.05, 4.69) is 23.8 Å². The minimum atomic E-state index is -0.540. The van der Waals surface area contributed by atoms with Gasteiger partial charge in [0.2, 0.25) is 11.8 Å². The molecule has 0 aliphatic rings. The molecule has 0 aromatic heterocycles. The fourth-order valence-corrected chi connectivity index (χ4v) is 1.19. The Morgan fingerprint density at radius 3 is 1.43 bits per heavy atom. The molecule has 0 rings (SSSR count). The van der Waals surface area contributed by atoms with Crippen LogP contribution >= 0.6 is 0 Å². The molecule has 8 heteroatoms. The van der Waals surface area contributed by atoms with Crippen molar-refractivity contribution in [2.24, 2.45) is 0 Å². The van der Waals surface area contributed by atoms with E-state index in [1.54, 1.807) is 0 Å². The smallest absolute Gasteiger partial charge is 0.333 e. The van der Waals surface area contributed by atoms with Gasteiger partial charge in [-0.15, -0.1) is 0 Å². The number of hydrogen-bond donors (Lipinski definition) is 2. The maximum absolute atomic E-state index is 11.4. The molecule has 0 bridgehead atoms. The van der Waals surface area contributed by atoms with Gasteiger partial charge in [-0.25, -0.2) is 9.59 Å². The van der Waals surface area contributed by atoms with Crippen LogP contribution in [-0.2, 0) is 28.7 Å². The highest BCUT2D eigenvalue weighted by atomic mass is 16.5. The van der Waals surface area contributed by atoms with Crippen LogP contribution in [0.15, 0.2) is 24.3 Å². The third kappa shape index (κ3) is 10.7. The summed E-state index contributed by atoms with van der Waals surface area (Å²) in [5, 5.41) is 4.86. The summed E-state index contributed by atoms with van der Waals surface area (Å²) in [6.45, 7) is 10.0. The molecule has 0 saturated heterocycles. The van der Waals surface area contributed by atoms with E-state index in [1.807, 2.05) is 0 Å². The molecule has 23 heavy (non-hydrogen) atoms. The average Bonchev–Trinajstić information content (AvgIpc) is 2.47. The summed E-state index contributed by atoms with van der Waals surface area (Å²) in [4.78, 5) is 45.0. The number of nitrogens with one attached hydrogen (secondary N) is 2. The van der Waals surface area contributed by atoms with Gasteiger partial charge < -0.3 is 20.1 Å². The van der Waals surface area contributed by atoms with Gasteiger partial charge in [0.15, 0.2) is 0 Å². The van der Waals surface area contributed by atoms with Gasteiger partial charge in [-0.1, -0.05) is 13.2 Å². The molecule has 0 heterocycles. The van der Waals surface area contributed by atoms with E-state index in [9.17, 15) is 19.2 Å². The molecule has 0 spiro atoms. The standard InChI is InChI=1S/C15H22N2O6/c1-10(2)14(20)22-7-5-16-12(18)9-13(19)17-6-8-23-15(21)11(3)4/h1,3,5-9H2,2,4H3,(H,16,18)(H,17,19). The van der Waals surface area contributed by atoms with Gasteiger partial charge in [-0.05, 0) is 13.8 Å². The maximum atomic E-state index is 11.4. The van der Waals surface area contributed by atoms with E-state index in [0.29, 0.717) is 0 Å². The topological polar surface area (TPSA) is 111 Å². The number of carbonyl (C=O) groups excluding carboxylic acids is 4. The first-order valence-corrected chi connectivity index (χ1v) is 6.92. The number of rotatable bonds is 10. The normalized spacial score (nSPS) is 9.48. The lowest BCUT2D eigenvalue weighted by atomic mass is 10.3. The lowest BCUT2D eigenvalue weighted by molar-refractivity contribution is -0.139. The summed E-state index contributed by atoms with van der Waals surface area (Å²) in [5.41, 5.74) is 0.533. The summed E-state index contributed by atoms with van der Waals surface area (Å²) < 4.78 is 9.54. The summed E-state index contributed by atoms with van der Waals surface area (Å²) in [5.74, 6) is -2.09. The molecule has 0 aromatic carbocycles. The van der Waals surface area contributed by atoms with Gasteiger partial charge in [0.05, 0.1) is 13.1 Å². The van der Waals surface area contributed by atoms with Gasteiger partial charge >= 0.3 is 11.9 Å². The zero-order chi connectivity index (χ0) is 17.8. The van der Waals surface area contributed by atoms with Crippen molar-refractivity contribution in [2.45, 2.75) is 20.3 Å². The van der Waals surface area contributed by atoms with Crippen LogP contribution in [0.25, 0.3) is 0 Å². The quantitative estimate of drug-likeness (QED) is 0.250. The zero-order valence-electron chi connectivity index (χ0n) is 13.4. The van der Waals surface area contributed by atoms with E-state index < -0.39 is 23.8 Å². The van der Waals surface area contributed by atoms with Crippen LogP contribution in [-0.4, -0.2) is 50.1 Å². The third-order valence-corrected chi connectivity index (χ3v) is 2.33. The lowest BCUT2D eigenvalue weighted by Crippen LogP contribution is -2.35. The van der Waals surface area contributed by atoms with Crippen molar-refractivity contribution in [2.75, 3.05) is 26.3 Å². The van der Waals surface area contributed by atoms with E-state index in [0.717, 1.165) is 0 Å². The Balaban J connectivity index is 3.72. The first kappa shape index (κ1) is 20.4. The Hall–Kier alpha value is -2.64. The van der Waals surface area contributed by atoms with Crippen molar-refractivity contribution in [3.8, 4) is 0 Å². The molecular weight excluding hydrogens is 304 g/mol. The second-order valence-electron chi connectivity index (χ2n) is 4.71. The molecule has 0 aliphatic heterocycles. The number of hydrogen-bond acceptors (Lipinski definition) is 6. The summed E-state index contributed by atoms with van der Waals surface area (Å²) in [6, 6.07) is 0. The van der Waals surface area contributed by atoms with Crippen molar-refractivity contribution in [3.05, 3.63) is 24.3 Å². The van der Waals surface area contributed by atoms with Crippen LogP contribution in [0.3, 0.4) is 0 Å². The average molecular weight is 326 g/mol. The molecule has 0 aliphatic carbocycles. The molecule has 2 N–H and O–H groups in total. The highest BCUT2D eigenvalue weighted by Gasteiger charge is 2.09. The third-order valence-electron chi connectivity index (χ3n) is 2.33. The van der Waals surface area contributed by atoms with Crippen LogP contribution in [0, 0.1) is 0 Å². The van der Waals surface area contributed by atoms with Crippen LogP contribution in [0.1, 0.15) is 20.3 Å². The number of amides is 2. The Morgan fingerprint density at radius 2 is 1.13 bits per heavy atom. The predicted molar refractivity (Wildman–Crippen MR) is 82.2 cm³/mol. The Morgan fingerprint density at radius 1 is 0.783 bits per heavy atom. The van der Waals surface area contributed by atoms with E-state index in [4.69, 9.17) is 9.47 Å². The highest BCUT2D eigenvalue weighted by molar-refractivity contribution is 5.96. The van der Waals surface area contributed by atoms with E-state index >= 15 is 0 Å². The number of carbonyl (C=O) groups is 4. The van der Waals surface area contributed by atoms with Gasteiger partial charge in [0.1, 0.15) is 19.6 Å². The monoisotopic (exact) mass is 326 g/mol. The summed E-state index contributed by atoms with van der Waals surface area (Å²) >= 11 is 0. The van der Waals surface area contributed by atoms with E-state index in [-0.39, 0.29) is 43.9 Å². The minimum absolute atomic E-state index is 0.00406. The molecule has 0 unspecified atom stereocenters. The largest absolute Gasteiger partial charge is 0.460 e. The predicted octanol–water partition coefficient (Wildman–Crippen LogP) is -0.152. The molecule has 2 amide bonds. The van der Waals surface area contributed by atoms with Crippen LogP contribution in [0.4, 0.5) is 0 Å². The van der Waals surface area contributed by atoms with E-state index in [1.165, 1.54) is 13.8 Å². The fraction of sp³-hybridized carbons (Fsp3) is 0.467. The molecule has 8 nitrogen and oxygen atoms in total. The molecule has 0 saturated carbocycles.